The van der Waals surface area contributed by atoms with E-state index < -0.39 is 5.97 Å². The highest BCUT2D eigenvalue weighted by Crippen LogP contribution is 2.31. The van der Waals surface area contributed by atoms with Gasteiger partial charge in [-0.1, -0.05) is 18.2 Å². The van der Waals surface area contributed by atoms with Crippen molar-refractivity contribution in [1.29, 1.82) is 0 Å². The van der Waals surface area contributed by atoms with Crippen LogP contribution in [0.4, 0.5) is 0 Å². The van der Waals surface area contributed by atoms with Crippen LogP contribution in [0.25, 0.3) is 10.8 Å². The molecule has 0 radical (unpaired) electrons. The fourth-order valence-electron chi connectivity index (χ4n) is 2.32. The number of hydrogen-bond acceptors (Lipinski definition) is 6. The third-order valence-electron chi connectivity index (χ3n) is 3.63. The van der Waals surface area contributed by atoms with E-state index in [1.54, 1.807) is 6.07 Å². The number of benzene rings is 3. The predicted octanol–water partition coefficient (Wildman–Crippen LogP) is 3.02. The first-order valence-electron chi connectivity index (χ1n) is 7.08. The van der Waals surface area contributed by atoms with E-state index in [-0.39, 0.29) is 40.7 Å². The number of aromatic hydroxyl groups is 4. The summed E-state index contributed by atoms with van der Waals surface area (Å²) in [5.74, 6) is -1.75. The molecule has 0 fully saturated rings. The summed E-state index contributed by atoms with van der Waals surface area (Å²) in [5, 5.41) is 39.3. The van der Waals surface area contributed by atoms with E-state index in [0.29, 0.717) is 10.8 Å². The molecule has 3 rings (SSSR count). The van der Waals surface area contributed by atoms with Crippen LogP contribution in [-0.2, 0) is 11.3 Å². The summed E-state index contributed by atoms with van der Waals surface area (Å²) < 4.78 is 5.13. The molecular weight excluding hydrogens is 312 g/mol. The Labute approximate surface area is 136 Å². The number of para-hydroxylation sites is 1. The first-order chi connectivity index (χ1) is 11.5. The molecule has 0 unspecified atom stereocenters. The lowest BCUT2D eigenvalue weighted by atomic mass is 10.1. The van der Waals surface area contributed by atoms with Gasteiger partial charge >= 0.3 is 5.97 Å². The third kappa shape index (κ3) is 2.89. The molecule has 0 amide bonds. The molecule has 3 aromatic carbocycles. The molecule has 0 bridgehead atoms. The van der Waals surface area contributed by atoms with Gasteiger partial charge in [-0.15, -0.1) is 0 Å². The minimum atomic E-state index is -0.618. The van der Waals surface area contributed by atoms with Gasteiger partial charge in [0.25, 0.3) is 0 Å². The molecule has 122 valence electrons. The van der Waals surface area contributed by atoms with Gasteiger partial charge in [-0.2, -0.15) is 0 Å². The molecule has 3 aromatic rings. The monoisotopic (exact) mass is 326 g/mol. The summed E-state index contributed by atoms with van der Waals surface area (Å²) in [5.41, 5.74) is 0.541. The molecule has 0 saturated carbocycles. The summed E-state index contributed by atoms with van der Waals surface area (Å²) in [6.45, 7) is -0.196. The van der Waals surface area contributed by atoms with Gasteiger partial charge in [0.05, 0.1) is 5.56 Å². The van der Waals surface area contributed by atoms with Gasteiger partial charge in [-0.3, -0.25) is 0 Å². The number of carbonyl (C=O) groups excluding carboxylic acids is 1. The van der Waals surface area contributed by atoms with Crippen LogP contribution in [0.15, 0.2) is 48.5 Å². The zero-order valence-corrected chi connectivity index (χ0v) is 12.4. The van der Waals surface area contributed by atoms with Gasteiger partial charge in [-0.25, -0.2) is 4.79 Å². The van der Waals surface area contributed by atoms with Gasteiger partial charge in [0.15, 0.2) is 23.0 Å². The van der Waals surface area contributed by atoms with E-state index in [2.05, 4.69) is 0 Å². The van der Waals surface area contributed by atoms with Crippen molar-refractivity contribution < 1.29 is 30.0 Å². The Morgan fingerprint density at radius 2 is 1.54 bits per heavy atom. The number of hydrogen-bond donors (Lipinski definition) is 4. The molecule has 0 atom stereocenters. The predicted molar refractivity (Wildman–Crippen MR) is 86.2 cm³/mol. The number of esters is 1. The molecule has 0 aliphatic heterocycles. The number of ether oxygens (including phenoxy) is 1. The standard InChI is InChI=1S/C18H14O6/c19-14-3-1-2-12(17(14)22)9-24-18(23)11-5-4-10-7-15(20)16(21)8-13(10)6-11/h1-8,19-22H,9H2. The fourth-order valence-corrected chi connectivity index (χ4v) is 2.32. The molecule has 6 heteroatoms. The molecule has 24 heavy (non-hydrogen) atoms. The molecule has 0 heterocycles. The topological polar surface area (TPSA) is 107 Å². The van der Waals surface area contributed by atoms with Crippen LogP contribution >= 0.6 is 0 Å². The smallest absolute Gasteiger partial charge is 0.338 e. The van der Waals surface area contributed by atoms with E-state index in [4.69, 9.17) is 4.74 Å². The summed E-state index contributed by atoms with van der Waals surface area (Å²) >= 11 is 0. The van der Waals surface area contributed by atoms with E-state index in [1.807, 2.05) is 0 Å². The quantitative estimate of drug-likeness (QED) is 0.435. The minimum Gasteiger partial charge on any atom is -0.504 e. The number of phenolic OH excluding ortho intramolecular Hbond substituents is 4. The highest BCUT2D eigenvalue weighted by atomic mass is 16.5. The molecule has 0 aromatic heterocycles. The van der Waals surface area contributed by atoms with E-state index in [9.17, 15) is 25.2 Å². The Hall–Kier alpha value is -3.41. The maximum absolute atomic E-state index is 12.1. The van der Waals surface area contributed by atoms with Crippen molar-refractivity contribution in [2.45, 2.75) is 6.61 Å². The SMILES string of the molecule is O=C(OCc1cccc(O)c1O)c1ccc2cc(O)c(O)cc2c1. The number of fused-ring (bicyclic) bond motifs is 1. The van der Waals surface area contributed by atoms with Crippen LogP contribution in [0.3, 0.4) is 0 Å². The van der Waals surface area contributed by atoms with Crippen molar-refractivity contribution in [1.82, 2.24) is 0 Å². The van der Waals surface area contributed by atoms with E-state index >= 15 is 0 Å². The summed E-state index contributed by atoms with van der Waals surface area (Å²) in [6.07, 6.45) is 0. The van der Waals surface area contributed by atoms with E-state index in [1.165, 1.54) is 42.5 Å². The normalized spacial score (nSPS) is 10.7. The van der Waals surface area contributed by atoms with Gasteiger partial charge in [0, 0.05) is 5.56 Å². The van der Waals surface area contributed by atoms with Gasteiger partial charge in [0.2, 0.25) is 0 Å². The average Bonchev–Trinajstić information content (AvgIpc) is 2.56. The molecule has 0 aliphatic rings. The van der Waals surface area contributed by atoms with Crippen molar-refractivity contribution in [3.63, 3.8) is 0 Å². The second-order valence-electron chi connectivity index (χ2n) is 5.26. The Morgan fingerprint density at radius 3 is 2.29 bits per heavy atom. The lowest BCUT2D eigenvalue weighted by Crippen LogP contribution is -2.05. The van der Waals surface area contributed by atoms with Crippen molar-refractivity contribution in [3.05, 3.63) is 59.7 Å². The minimum absolute atomic E-state index is 0.196. The highest BCUT2D eigenvalue weighted by Gasteiger charge is 2.12. The van der Waals surface area contributed by atoms with Crippen LogP contribution in [0.1, 0.15) is 15.9 Å². The molecule has 0 spiro atoms. The second-order valence-corrected chi connectivity index (χ2v) is 5.26. The van der Waals surface area contributed by atoms with Crippen LogP contribution < -0.4 is 0 Å². The van der Waals surface area contributed by atoms with Gasteiger partial charge in [-0.05, 0) is 41.1 Å². The van der Waals surface area contributed by atoms with Crippen molar-refractivity contribution in [3.8, 4) is 23.0 Å². The third-order valence-corrected chi connectivity index (χ3v) is 3.63. The van der Waals surface area contributed by atoms with E-state index in [0.717, 1.165) is 0 Å². The molecule has 0 aliphatic carbocycles. The zero-order chi connectivity index (χ0) is 17.3. The number of carbonyl (C=O) groups is 1. The van der Waals surface area contributed by atoms with Crippen LogP contribution in [0.5, 0.6) is 23.0 Å². The zero-order valence-electron chi connectivity index (χ0n) is 12.4. The highest BCUT2D eigenvalue weighted by molar-refractivity contribution is 5.96. The largest absolute Gasteiger partial charge is 0.504 e. The fraction of sp³-hybridized carbons (Fsp3) is 0.0556. The lowest BCUT2D eigenvalue weighted by Gasteiger charge is -2.08. The van der Waals surface area contributed by atoms with Crippen molar-refractivity contribution >= 4 is 16.7 Å². The Bertz CT molecular complexity index is 932. The van der Waals surface area contributed by atoms with Crippen LogP contribution in [0.2, 0.25) is 0 Å². The summed E-state index contributed by atoms with van der Waals surface area (Å²) in [6, 6.07) is 11.8. The van der Waals surface area contributed by atoms with Gasteiger partial charge < -0.3 is 25.2 Å². The maximum atomic E-state index is 12.1. The number of phenols is 4. The van der Waals surface area contributed by atoms with Crippen LogP contribution in [-0.4, -0.2) is 26.4 Å². The molecular formula is C18H14O6. The molecule has 0 saturated heterocycles. The van der Waals surface area contributed by atoms with Crippen molar-refractivity contribution in [2.24, 2.45) is 0 Å². The lowest BCUT2D eigenvalue weighted by molar-refractivity contribution is 0.0470. The number of rotatable bonds is 3. The second kappa shape index (κ2) is 6.00. The molecule has 6 nitrogen and oxygen atoms in total. The summed E-state index contributed by atoms with van der Waals surface area (Å²) in [7, 11) is 0. The van der Waals surface area contributed by atoms with Gasteiger partial charge in [0.1, 0.15) is 6.61 Å². The Morgan fingerprint density at radius 1 is 0.833 bits per heavy atom. The molecule has 4 N–H and O–H groups in total. The first kappa shape index (κ1) is 15.5. The van der Waals surface area contributed by atoms with Crippen LogP contribution in [0, 0.1) is 0 Å². The Balaban J connectivity index is 1.81. The Kier molecular flexibility index (Phi) is 3.87. The first-order valence-corrected chi connectivity index (χ1v) is 7.08. The summed E-state index contributed by atoms with van der Waals surface area (Å²) in [4.78, 5) is 12.1. The maximum Gasteiger partial charge on any atom is 0.338 e. The van der Waals surface area contributed by atoms with Crippen molar-refractivity contribution in [2.75, 3.05) is 0 Å². The average molecular weight is 326 g/mol.